The van der Waals surface area contributed by atoms with Crippen LogP contribution >= 0.6 is 0 Å². The minimum atomic E-state index is -0.264. The fourth-order valence-electron chi connectivity index (χ4n) is 1.27. The van der Waals surface area contributed by atoms with Crippen molar-refractivity contribution in [2.75, 3.05) is 0 Å². The molecule has 1 radical (unpaired) electrons. The number of benzene rings is 1. The Hall–Kier alpha value is -0.136. The van der Waals surface area contributed by atoms with E-state index in [0.29, 0.717) is 5.41 Å². The first kappa shape index (κ1) is 29.8. The van der Waals surface area contributed by atoms with Crippen molar-refractivity contribution in [2.45, 2.75) is 69.2 Å². The molecule has 1 aromatic rings. The summed E-state index contributed by atoms with van der Waals surface area (Å²) in [5.74, 6) is 0. The molecule has 0 atom stereocenters. The summed E-state index contributed by atoms with van der Waals surface area (Å²) in [5.41, 5.74) is 2.60. The van der Waals surface area contributed by atoms with Crippen molar-refractivity contribution in [3.63, 3.8) is 0 Å². The van der Waals surface area contributed by atoms with E-state index >= 15 is 0 Å². The predicted molar refractivity (Wildman–Crippen MR) is 97.3 cm³/mol. The molecule has 0 aliphatic rings. The van der Waals surface area contributed by atoms with Crippen LogP contribution in [-0.4, -0.2) is 6.29 Å². The van der Waals surface area contributed by atoms with E-state index in [-0.39, 0.29) is 45.6 Å². The fraction of sp³-hybridized carbons (Fsp3) is 0.600. The van der Waals surface area contributed by atoms with Gasteiger partial charge in [0.15, 0.2) is 0 Å². The van der Waals surface area contributed by atoms with Gasteiger partial charge in [-0.05, 0) is 11.8 Å². The summed E-state index contributed by atoms with van der Waals surface area (Å²) in [4.78, 5) is 9.70. The first-order valence-electron chi connectivity index (χ1n) is 7.34. The van der Waals surface area contributed by atoms with Gasteiger partial charge in [0, 0.05) is 32.7 Å². The van der Waals surface area contributed by atoms with Gasteiger partial charge in [-0.25, -0.2) is 0 Å². The van der Waals surface area contributed by atoms with Gasteiger partial charge in [-0.1, -0.05) is 68.4 Å². The van der Waals surface area contributed by atoms with E-state index in [1.54, 1.807) is 0 Å². The van der Waals surface area contributed by atoms with Gasteiger partial charge in [-0.15, -0.1) is 17.5 Å². The Balaban J connectivity index is -0.000000141. The largest absolute Gasteiger partial charge is 0.541 e. The molecule has 0 N–H and O–H groups in total. The van der Waals surface area contributed by atoms with Gasteiger partial charge in [-0.3, -0.25) is 6.29 Å². The van der Waals surface area contributed by atoms with Gasteiger partial charge in [0.1, 0.15) is 0 Å². The SMILES string of the molecule is C.CC.CC(C)(C)[C-]=O.[CH2-]c1ccc(CC(C)(C)C)cc1.[Y]. The zero-order chi connectivity index (χ0) is 16.4. The van der Waals surface area contributed by atoms with Gasteiger partial charge in [-0.2, -0.15) is 24.6 Å². The van der Waals surface area contributed by atoms with E-state index < -0.39 is 0 Å². The van der Waals surface area contributed by atoms with Gasteiger partial charge < -0.3 is 4.79 Å². The molecule has 1 aromatic carbocycles. The van der Waals surface area contributed by atoms with Crippen LogP contribution in [0, 0.1) is 17.8 Å². The van der Waals surface area contributed by atoms with E-state index in [0.717, 1.165) is 12.0 Å². The Labute approximate surface area is 165 Å². The summed E-state index contributed by atoms with van der Waals surface area (Å²) in [7, 11) is 0. The summed E-state index contributed by atoms with van der Waals surface area (Å²) in [6.45, 7) is 20.1. The van der Waals surface area contributed by atoms with E-state index in [4.69, 9.17) is 0 Å². The van der Waals surface area contributed by atoms with E-state index in [9.17, 15) is 4.79 Å². The molecule has 2 heteroatoms. The smallest absolute Gasteiger partial charge is 0 e. The molecule has 127 valence electrons. The van der Waals surface area contributed by atoms with Gasteiger partial charge in [0.25, 0.3) is 0 Å². The molecule has 0 saturated carbocycles. The van der Waals surface area contributed by atoms with E-state index in [1.807, 2.05) is 40.9 Å². The zero-order valence-corrected chi connectivity index (χ0v) is 18.0. The maximum absolute atomic E-state index is 9.70. The first-order valence-corrected chi connectivity index (χ1v) is 7.34. The number of rotatable bonds is 1. The Morgan fingerprint density at radius 2 is 1.27 bits per heavy atom. The van der Waals surface area contributed by atoms with Crippen molar-refractivity contribution in [3.8, 4) is 0 Å². The molecule has 0 amide bonds. The maximum atomic E-state index is 9.70. The normalized spacial score (nSPS) is 9.64. The van der Waals surface area contributed by atoms with Gasteiger partial charge in [0.2, 0.25) is 0 Å². The molecule has 1 nitrogen and oxygen atoms in total. The zero-order valence-electron chi connectivity index (χ0n) is 15.2. The van der Waals surface area contributed by atoms with Crippen LogP contribution in [0.25, 0.3) is 0 Å². The molecule has 0 bridgehead atoms. The van der Waals surface area contributed by atoms with Crippen LogP contribution in [0.4, 0.5) is 0 Å². The fourth-order valence-corrected chi connectivity index (χ4v) is 1.27. The van der Waals surface area contributed by atoms with Gasteiger partial charge in [0.05, 0.1) is 0 Å². The molecule has 22 heavy (non-hydrogen) atoms. The third kappa shape index (κ3) is 22.2. The number of hydrogen-bond acceptors (Lipinski definition) is 1. The third-order valence-electron chi connectivity index (χ3n) is 2.06. The van der Waals surface area contributed by atoms with Crippen LogP contribution in [0.5, 0.6) is 0 Å². The molecule has 0 fully saturated rings. The molecule has 0 aliphatic heterocycles. The topological polar surface area (TPSA) is 17.1 Å². The summed E-state index contributed by atoms with van der Waals surface area (Å²) in [6, 6.07) is 8.46. The van der Waals surface area contributed by atoms with Crippen LogP contribution in [0.1, 0.15) is 73.9 Å². The van der Waals surface area contributed by atoms with Crippen molar-refractivity contribution >= 4 is 6.29 Å². The van der Waals surface area contributed by atoms with Crippen LogP contribution < -0.4 is 0 Å². The molecule has 0 spiro atoms. The van der Waals surface area contributed by atoms with Crippen molar-refractivity contribution in [2.24, 2.45) is 10.8 Å². The average molecular weight is 381 g/mol. The molecule has 1 rings (SSSR count). The Bertz CT molecular complexity index is 353. The maximum Gasteiger partial charge on any atom is 0 e. The van der Waals surface area contributed by atoms with Crippen LogP contribution in [0.15, 0.2) is 24.3 Å². The van der Waals surface area contributed by atoms with Crippen LogP contribution in [0.3, 0.4) is 0 Å². The third-order valence-corrected chi connectivity index (χ3v) is 2.06. The van der Waals surface area contributed by atoms with Crippen LogP contribution in [-0.2, 0) is 43.9 Å². The van der Waals surface area contributed by atoms with E-state index in [1.165, 1.54) is 5.56 Å². The Kier molecular flexibility index (Phi) is 19.6. The minimum absolute atomic E-state index is 0. The van der Waals surface area contributed by atoms with Gasteiger partial charge >= 0.3 is 0 Å². The number of carbonyl (C=O) groups excluding carboxylic acids is 1. The van der Waals surface area contributed by atoms with Crippen molar-refractivity contribution in [1.82, 2.24) is 0 Å². The quantitative estimate of drug-likeness (QED) is 0.525. The second-order valence-electron chi connectivity index (χ2n) is 6.91. The number of hydrogen-bond donors (Lipinski definition) is 0. The van der Waals surface area contributed by atoms with Crippen LogP contribution in [0.2, 0.25) is 0 Å². The Morgan fingerprint density at radius 1 is 0.955 bits per heavy atom. The predicted octanol–water partition coefficient (Wildman–Crippen LogP) is 6.26. The molecule has 0 saturated heterocycles. The molecular weight excluding hydrogens is 345 g/mol. The summed E-state index contributed by atoms with van der Waals surface area (Å²) in [6.07, 6.45) is 2.99. The summed E-state index contributed by atoms with van der Waals surface area (Å²) >= 11 is 0. The standard InChI is InChI=1S/C12H17.C5H9O.C2H6.CH4.Y/c1-10-5-7-11(8-6-10)9-12(2,3)4;1-5(2,3)4-6;1-2;;/h5-8H,1,9H2,2-4H3;1-3H3;1-2H3;1H4;/q2*-1;;;. The van der Waals surface area contributed by atoms with Crippen molar-refractivity contribution in [1.29, 1.82) is 0 Å². The average Bonchev–Trinajstić information content (AvgIpc) is 2.33. The molecular formula is C20H36OY-2. The summed E-state index contributed by atoms with van der Waals surface area (Å²) < 4.78 is 0. The van der Waals surface area contributed by atoms with E-state index in [2.05, 4.69) is 52.0 Å². The van der Waals surface area contributed by atoms with Crippen molar-refractivity contribution < 1.29 is 37.5 Å². The van der Waals surface area contributed by atoms with Crippen molar-refractivity contribution in [3.05, 3.63) is 42.3 Å². The molecule has 0 aliphatic carbocycles. The summed E-state index contributed by atoms with van der Waals surface area (Å²) in [5, 5.41) is 0. The monoisotopic (exact) mass is 381 g/mol. The minimum Gasteiger partial charge on any atom is -0.541 e. The first-order chi connectivity index (χ1) is 9.03. The molecule has 0 aromatic heterocycles. The second-order valence-corrected chi connectivity index (χ2v) is 6.91. The Morgan fingerprint density at radius 3 is 1.50 bits per heavy atom. The second kappa shape index (κ2) is 14.5. The molecule has 0 unspecified atom stereocenters. The molecule has 0 heterocycles.